The van der Waals surface area contributed by atoms with Gasteiger partial charge in [-0.2, -0.15) is 0 Å². The lowest BCUT2D eigenvalue weighted by molar-refractivity contribution is -0.122. The molecule has 0 rings (SSSR count). The average molecular weight is 160 g/mol. The number of ether oxygens (including phenoxy) is 1. The van der Waals surface area contributed by atoms with Crippen LogP contribution >= 0.6 is 0 Å². The molecule has 0 aromatic rings. The molecule has 0 saturated carbocycles. The average Bonchev–Trinajstić information content (AvgIpc) is 1.97. The molecule has 0 aromatic heterocycles. The minimum atomic E-state index is -0.186. The second kappa shape index (κ2) is 6.12. The van der Waals surface area contributed by atoms with E-state index in [1.54, 1.807) is 0 Å². The van der Waals surface area contributed by atoms with E-state index in [1.807, 2.05) is 5.43 Å². The first-order valence-electron chi connectivity index (χ1n) is 3.74. The summed E-state index contributed by atoms with van der Waals surface area (Å²) in [6, 6.07) is 0. The van der Waals surface area contributed by atoms with Crippen LogP contribution in [0.25, 0.3) is 0 Å². The van der Waals surface area contributed by atoms with E-state index in [0.717, 1.165) is 0 Å². The van der Waals surface area contributed by atoms with E-state index in [0.29, 0.717) is 25.6 Å². The summed E-state index contributed by atoms with van der Waals surface area (Å²) in [5.41, 5.74) is 2.03. The number of nitrogens with two attached hydrogens (primary N) is 1. The maximum atomic E-state index is 10.5. The summed E-state index contributed by atoms with van der Waals surface area (Å²) in [6.45, 7) is 5.26. The van der Waals surface area contributed by atoms with Crippen LogP contribution in [0.1, 0.15) is 20.3 Å². The molecule has 11 heavy (non-hydrogen) atoms. The first-order valence-corrected chi connectivity index (χ1v) is 3.74. The van der Waals surface area contributed by atoms with Crippen molar-refractivity contribution in [3.05, 3.63) is 0 Å². The highest BCUT2D eigenvalue weighted by molar-refractivity contribution is 5.75. The number of hydrogen-bond donors (Lipinski definition) is 2. The highest BCUT2D eigenvalue weighted by Gasteiger charge is 1.98. The van der Waals surface area contributed by atoms with E-state index >= 15 is 0 Å². The van der Waals surface area contributed by atoms with Crippen molar-refractivity contribution in [1.29, 1.82) is 0 Å². The number of nitrogens with one attached hydrogen (secondary N) is 1. The third kappa shape index (κ3) is 7.29. The molecule has 0 unspecified atom stereocenters. The Bertz CT molecular complexity index is 115. The van der Waals surface area contributed by atoms with Crippen molar-refractivity contribution in [3.8, 4) is 0 Å². The molecular weight excluding hydrogens is 144 g/mol. The van der Waals surface area contributed by atoms with Crippen molar-refractivity contribution < 1.29 is 9.53 Å². The third-order valence-electron chi connectivity index (χ3n) is 1.09. The Hall–Kier alpha value is -0.610. The standard InChI is InChI=1S/C7H16N2O2/c1-6(2)5-11-4-3-7(10)9-8/h6H,3-5,8H2,1-2H3,(H,9,10). The zero-order valence-corrected chi connectivity index (χ0v) is 7.09. The van der Waals surface area contributed by atoms with Gasteiger partial charge in [0.25, 0.3) is 0 Å². The molecule has 0 fully saturated rings. The largest absolute Gasteiger partial charge is 0.381 e. The lowest BCUT2D eigenvalue weighted by Crippen LogP contribution is -2.30. The fraction of sp³-hybridized carbons (Fsp3) is 0.857. The van der Waals surface area contributed by atoms with Gasteiger partial charge >= 0.3 is 0 Å². The smallest absolute Gasteiger partial charge is 0.236 e. The Morgan fingerprint density at radius 2 is 2.27 bits per heavy atom. The molecule has 0 radical (unpaired) electrons. The number of hydrazine groups is 1. The van der Waals surface area contributed by atoms with Gasteiger partial charge in [-0.05, 0) is 5.92 Å². The first kappa shape index (κ1) is 10.4. The minimum absolute atomic E-state index is 0.186. The monoisotopic (exact) mass is 160 g/mol. The zero-order chi connectivity index (χ0) is 8.69. The van der Waals surface area contributed by atoms with Crippen LogP contribution in [-0.4, -0.2) is 19.1 Å². The SMILES string of the molecule is CC(C)COCCC(=O)NN. The van der Waals surface area contributed by atoms with Gasteiger partial charge in [-0.3, -0.25) is 10.2 Å². The highest BCUT2D eigenvalue weighted by atomic mass is 16.5. The highest BCUT2D eigenvalue weighted by Crippen LogP contribution is 1.92. The Labute approximate surface area is 67.1 Å². The van der Waals surface area contributed by atoms with Gasteiger partial charge in [0.15, 0.2) is 0 Å². The van der Waals surface area contributed by atoms with E-state index in [9.17, 15) is 4.79 Å². The number of carbonyl (C=O) groups excluding carboxylic acids is 1. The van der Waals surface area contributed by atoms with Crippen molar-refractivity contribution >= 4 is 5.91 Å². The summed E-state index contributed by atoms with van der Waals surface area (Å²) in [4.78, 5) is 10.5. The van der Waals surface area contributed by atoms with E-state index in [2.05, 4.69) is 13.8 Å². The third-order valence-corrected chi connectivity index (χ3v) is 1.09. The van der Waals surface area contributed by atoms with Gasteiger partial charge in [-0.1, -0.05) is 13.8 Å². The van der Waals surface area contributed by atoms with E-state index < -0.39 is 0 Å². The van der Waals surface area contributed by atoms with Gasteiger partial charge in [0, 0.05) is 6.61 Å². The van der Waals surface area contributed by atoms with Gasteiger partial charge in [0.1, 0.15) is 0 Å². The number of rotatable bonds is 5. The molecule has 0 aromatic carbocycles. The zero-order valence-electron chi connectivity index (χ0n) is 7.09. The van der Waals surface area contributed by atoms with Crippen molar-refractivity contribution in [3.63, 3.8) is 0 Å². The summed E-state index contributed by atoms with van der Waals surface area (Å²) in [5.74, 6) is 5.18. The molecule has 4 nitrogen and oxygen atoms in total. The summed E-state index contributed by atoms with van der Waals surface area (Å²) in [6.07, 6.45) is 0.337. The second-order valence-corrected chi connectivity index (χ2v) is 2.79. The van der Waals surface area contributed by atoms with Gasteiger partial charge < -0.3 is 4.74 Å². The maximum Gasteiger partial charge on any atom is 0.236 e. The van der Waals surface area contributed by atoms with Crippen LogP contribution in [-0.2, 0) is 9.53 Å². The van der Waals surface area contributed by atoms with Gasteiger partial charge in [0.05, 0.1) is 13.0 Å². The molecule has 1 amide bonds. The molecule has 0 saturated heterocycles. The van der Waals surface area contributed by atoms with Crippen LogP contribution in [0, 0.1) is 5.92 Å². The Morgan fingerprint density at radius 3 is 2.73 bits per heavy atom. The molecule has 4 heteroatoms. The maximum absolute atomic E-state index is 10.5. The predicted octanol–water partition coefficient (Wildman–Crippen LogP) is 0.0390. The van der Waals surface area contributed by atoms with Crippen LogP contribution in [0.15, 0.2) is 0 Å². The number of carbonyl (C=O) groups is 1. The van der Waals surface area contributed by atoms with Crippen molar-refractivity contribution in [1.82, 2.24) is 5.43 Å². The molecule has 0 aliphatic carbocycles. The van der Waals surface area contributed by atoms with Crippen molar-refractivity contribution in [2.24, 2.45) is 11.8 Å². The fourth-order valence-corrected chi connectivity index (χ4v) is 0.556. The van der Waals surface area contributed by atoms with Crippen LogP contribution in [0.3, 0.4) is 0 Å². The molecule has 0 aliphatic rings. The lowest BCUT2D eigenvalue weighted by atomic mass is 10.2. The van der Waals surface area contributed by atoms with E-state index in [-0.39, 0.29) is 5.91 Å². The molecule has 0 spiro atoms. The minimum Gasteiger partial charge on any atom is -0.381 e. The summed E-state index contributed by atoms with van der Waals surface area (Å²) in [7, 11) is 0. The Morgan fingerprint density at radius 1 is 1.64 bits per heavy atom. The van der Waals surface area contributed by atoms with Crippen molar-refractivity contribution in [2.45, 2.75) is 20.3 Å². The van der Waals surface area contributed by atoms with Crippen LogP contribution in [0.2, 0.25) is 0 Å². The quantitative estimate of drug-likeness (QED) is 0.258. The van der Waals surface area contributed by atoms with Gasteiger partial charge in [0.2, 0.25) is 5.91 Å². The van der Waals surface area contributed by atoms with E-state index in [1.165, 1.54) is 0 Å². The number of hydrogen-bond acceptors (Lipinski definition) is 3. The van der Waals surface area contributed by atoms with Crippen LogP contribution in [0.4, 0.5) is 0 Å². The van der Waals surface area contributed by atoms with Gasteiger partial charge in [-0.15, -0.1) is 0 Å². The molecule has 0 bridgehead atoms. The second-order valence-electron chi connectivity index (χ2n) is 2.79. The Balaban J connectivity index is 3.08. The molecule has 3 N–H and O–H groups in total. The molecule has 0 aliphatic heterocycles. The fourth-order valence-electron chi connectivity index (χ4n) is 0.556. The summed E-state index contributed by atoms with van der Waals surface area (Å²) in [5, 5.41) is 0. The summed E-state index contributed by atoms with van der Waals surface area (Å²) < 4.78 is 5.15. The predicted molar refractivity (Wildman–Crippen MR) is 42.6 cm³/mol. The molecular formula is C7H16N2O2. The molecule has 66 valence electrons. The van der Waals surface area contributed by atoms with Crippen LogP contribution < -0.4 is 11.3 Å². The molecule has 0 atom stereocenters. The first-order chi connectivity index (χ1) is 5.16. The molecule has 0 heterocycles. The topological polar surface area (TPSA) is 64.3 Å². The Kier molecular flexibility index (Phi) is 5.78. The van der Waals surface area contributed by atoms with E-state index in [4.69, 9.17) is 10.6 Å². The van der Waals surface area contributed by atoms with Crippen molar-refractivity contribution in [2.75, 3.05) is 13.2 Å². The van der Waals surface area contributed by atoms with Gasteiger partial charge in [-0.25, -0.2) is 5.84 Å². The number of amides is 1. The lowest BCUT2D eigenvalue weighted by Gasteiger charge is -2.05. The normalized spacial score (nSPS) is 10.2. The summed E-state index contributed by atoms with van der Waals surface area (Å²) >= 11 is 0. The van der Waals surface area contributed by atoms with Crippen LogP contribution in [0.5, 0.6) is 0 Å².